The summed E-state index contributed by atoms with van der Waals surface area (Å²) < 4.78 is 1.36. The molecule has 0 aliphatic rings. The third-order valence-corrected chi connectivity index (χ3v) is 5.60. The van der Waals surface area contributed by atoms with Crippen molar-refractivity contribution in [2.24, 2.45) is 0 Å². The Morgan fingerprint density at radius 2 is 0.933 bits per heavy atom. The fraction of sp³-hybridized carbons (Fsp3) is 0.913. The van der Waals surface area contributed by atoms with Gasteiger partial charge in [-0.2, -0.15) is 0 Å². The Labute approximate surface area is 223 Å². The maximum absolute atomic E-state index is 5.06. The Balaban J connectivity index is -0.000000471. The van der Waals surface area contributed by atoms with Crippen LogP contribution in [0.5, 0.6) is 0 Å². The summed E-state index contributed by atoms with van der Waals surface area (Å²) in [6.45, 7) is 14.2. The molecule has 0 aromatic rings. The van der Waals surface area contributed by atoms with Crippen LogP contribution in [-0.2, 0) is 44.7 Å². The van der Waals surface area contributed by atoms with Gasteiger partial charge in [0.15, 0.2) is 0 Å². The first-order valence-electron chi connectivity index (χ1n) is 11.8. The predicted octanol–water partition coefficient (Wildman–Crippen LogP) is 7.04. The van der Waals surface area contributed by atoms with E-state index in [-0.39, 0.29) is 19.5 Å². The summed E-state index contributed by atoms with van der Waals surface area (Å²) >= 11 is 20.1. The fourth-order valence-corrected chi connectivity index (χ4v) is 3.75. The van der Waals surface area contributed by atoms with Gasteiger partial charge in [-0.05, 0) is 38.8 Å². The van der Waals surface area contributed by atoms with Crippen LogP contribution in [0.3, 0.4) is 0 Å². The summed E-state index contributed by atoms with van der Waals surface area (Å²) in [5, 5.41) is 0. The van der Waals surface area contributed by atoms with Gasteiger partial charge in [0.05, 0.1) is 0 Å². The number of rotatable bonds is 18. The van der Waals surface area contributed by atoms with Gasteiger partial charge in [-0.15, -0.1) is 4.20 Å². The zero-order chi connectivity index (χ0) is 22.3. The maximum Gasteiger partial charge on any atom is 2.00 e. The second-order valence-electron chi connectivity index (χ2n) is 7.73. The van der Waals surface area contributed by atoms with Crippen LogP contribution in [0.2, 0.25) is 0 Å². The zero-order valence-corrected chi connectivity index (χ0v) is 26.5. The SMILES string of the molecule is CCCCCN(CCCCC)C(=S)[S-].CCCCCN(CCCCC)CC(=S)[S-].[Zn+2]. The minimum atomic E-state index is 0. The van der Waals surface area contributed by atoms with Crippen LogP contribution >= 0.6 is 24.4 Å². The van der Waals surface area contributed by atoms with Crippen molar-refractivity contribution >= 4 is 58.2 Å². The first kappa shape index (κ1) is 35.6. The molecule has 0 aromatic heterocycles. The molecule has 0 saturated heterocycles. The number of nitrogens with zero attached hydrogens (tertiary/aromatic N) is 2. The Morgan fingerprint density at radius 3 is 1.20 bits per heavy atom. The van der Waals surface area contributed by atoms with E-state index in [1.807, 2.05) is 0 Å². The summed E-state index contributed by atoms with van der Waals surface area (Å²) in [4.78, 5) is 4.59. The minimum absolute atomic E-state index is 0. The number of thiocarbonyl (C=S) groups is 2. The van der Waals surface area contributed by atoms with Crippen LogP contribution in [-0.4, -0.2) is 51.0 Å². The molecule has 0 rings (SSSR count). The monoisotopic (exact) mass is 542 g/mol. The molecule has 0 atom stereocenters. The molecule has 0 spiro atoms. The average molecular weight is 544 g/mol. The first-order valence-corrected chi connectivity index (χ1v) is 13.4. The molecule has 0 radical (unpaired) electrons. The van der Waals surface area contributed by atoms with E-state index in [9.17, 15) is 0 Å². The topological polar surface area (TPSA) is 6.48 Å². The van der Waals surface area contributed by atoms with Crippen molar-refractivity contribution in [1.29, 1.82) is 0 Å². The molecular formula is C23H46N2S4Zn. The first-order chi connectivity index (χ1) is 13.9. The van der Waals surface area contributed by atoms with Crippen LogP contribution in [0.15, 0.2) is 0 Å². The molecular weight excluding hydrogens is 498 g/mol. The van der Waals surface area contributed by atoms with Gasteiger partial charge in [0.1, 0.15) is 0 Å². The molecule has 30 heavy (non-hydrogen) atoms. The molecule has 0 fully saturated rings. The van der Waals surface area contributed by atoms with Gasteiger partial charge in [0, 0.05) is 19.6 Å². The second-order valence-corrected chi connectivity index (χ2v) is 10.0. The molecule has 174 valence electrons. The van der Waals surface area contributed by atoms with E-state index >= 15 is 0 Å². The summed E-state index contributed by atoms with van der Waals surface area (Å²) in [5.41, 5.74) is 0. The summed E-state index contributed by atoms with van der Waals surface area (Å²) in [5.74, 6) is 0. The van der Waals surface area contributed by atoms with Crippen molar-refractivity contribution in [3.05, 3.63) is 0 Å². The fourth-order valence-electron chi connectivity index (χ4n) is 3.02. The van der Waals surface area contributed by atoms with Crippen LogP contribution in [0, 0.1) is 0 Å². The van der Waals surface area contributed by atoms with E-state index in [2.05, 4.69) is 37.5 Å². The Hall–Kier alpha value is 1.00. The normalized spacial score (nSPS) is 10.2. The molecule has 0 amide bonds. The average Bonchev–Trinajstić information content (AvgIpc) is 2.67. The Bertz CT molecular complexity index is 364. The van der Waals surface area contributed by atoms with Crippen molar-refractivity contribution in [2.45, 2.75) is 105 Å². The standard InChI is InChI=1S/C12H25NS2.C11H23NS2.Zn/c1-3-5-7-9-13(11-12(14)15)10-8-6-4-2;1-3-5-7-9-12(11(13)14)10-8-6-4-2;/h3-11H2,1-2H3,(H,14,15);3-10H2,1-2H3,(H,13,14);/q;;+2/p-2. The van der Waals surface area contributed by atoms with Gasteiger partial charge < -0.3 is 59.5 Å². The molecule has 0 heterocycles. The van der Waals surface area contributed by atoms with E-state index < -0.39 is 0 Å². The summed E-state index contributed by atoms with van der Waals surface area (Å²) in [7, 11) is 0. The number of unbranched alkanes of at least 4 members (excludes halogenated alkanes) is 8. The van der Waals surface area contributed by atoms with E-state index in [0.29, 0.717) is 8.52 Å². The van der Waals surface area contributed by atoms with E-state index in [0.717, 1.165) is 32.7 Å². The minimum Gasteiger partial charge on any atom is -0.432 e. The molecule has 0 aromatic carbocycles. The third-order valence-electron chi connectivity index (χ3n) is 4.83. The number of hydrogen-bond acceptors (Lipinski definition) is 5. The quantitative estimate of drug-likeness (QED) is 0.0785. The van der Waals surface area contributed by atoms with Gasteiger partial charge in [-0.1, -0.05) is 83.4 Å². The van der Waals surface area contributed by atoms with Gasteiger partial charge in [-0.3, -0.25) is 0 Å². The van der Waals surface area contributed by atoms with Gasteiger partial charge in [0.2, 0.25) is 0 Å². The van der Waals surface area contributed by atoms with E-state index in [4.69, 9.17) is 49.7 Å². The Kier molecular flexibility index (Phi) is 33.3. The smallest absolute Gasteiger partial charge is 0.432 e. The molecule has 0 aliphatic carbocycles. The largest absolute Gasteiger partial charge is 2.00 e. The van der Waals surface area contributed by atoms with E-state index in [1.54, 1.807) is 0 Å². The summed E-state index contributed by atoms with van der Waals surface area (Å²) in [6, 6.07) is 0. The van der Waals surface area contributed by atoms with Crippen LogP contribution in [0.1, 0.15) is 105 Å². The van der Waals surface area contributed by atoms with Crippen molar-refractivity contribution in [1.82, 2.24) is 9.80 Å². The molecule has 2 nitrogen and oxygen atoms in total. The van der Waals surface area contributed by atoms with Crippen molar-refractivity contribution in [2.75, 3.05) is 32.7 Å². The molecule has 0 N–H and O–H groups in total. The number of hydrogen-bond donors (Lipinski definition) is 0. The van der Waals surface area contributed by atoms with E-state index in [1.165, 1.54) is 77.0 Å². The van der Waals surface area contributed by atoms with Crippen LogP contribution in [0.25, 0.3) is 0 Å². The van der Waals surface area contributed by atoms with Crippen molar-refractivity contribution < 1.29 is 19.5 Å². The molecule has 0 aliphatic heterocycles. The van der Waals surface area contributed by atoms with Gasteiger partial charge in [0.25, 0.3) is 0 Å². The molecule has 7 heteroatoms. The third kappa shape index (κ3) is 27.0. The molecule has 0 saturated carbocycles. The predicted molar refractivity (Wildman–Crippen MR) is 146 cm³/mol. The van der Waals surface area contributed by atoms with Crippen LogP contribution < -0.4 is 0 Å². The molecule has 0 bridgehead atoms. The van der Waals surface area contributed by atoms with Gasteiger partial charge in [-0.25, -0.2) is 0 Å². The van der Waals surface area contributed by atoms with Crippen molar-refractivity contribution in [3.8, 4) is 0 Å². The summed E-state index contributed by atoms with van der Waals surface area (Å²) in [6.07, 6.45) is 15.3. The Morgan fingerprint density at radius 1 is 0.600 bits per heavy atom. The van der Waals surface area contributed by atoms with Crippen molar-refractivity contribution in [3.63, 3.8) is 0 Å². The van der Waals surface area contributed by atoms with Crippen LogP contribution in [0.4, 0.5) is 0 Å². The van der Waals surface area contributed by atoms with Gasteiger partial charge >= 0.3 is 19.5 Å². The zero-order valence-electron chi connectivity index (χ0n) is 20.3. The maximum atomic E-state index is 5.06. The molecule has 0 unspecified atom stereocenters. The second kappa shape index (κ2) is 28.0.